The third kappa shape index (κ3) is 4.52. The topological polar surface area (TPSA) is 84.3 Å². The number of hydrogen-bond donors (Lipinski definition) is 1. The zero-order valence-corrected chi connectivity index (χ0v) is 18.5. The van der Waals surface area contributed by atoms with Crippen molar-refractivity contribution in [2.24, 2.45) is 0 Å². The quantitative estimate of drug-likeness (QED) is 0.645. The normalized spacial score (nSPS) is 19.0. The van der Waals surface area contributed by atoms with Crippen LogP contribution in [0.15, 0.2) is 59.0 Å². The minimum Gasteiger partial charge on any atom is -0.477 e. The molecule has 33 heavy (non-hydrogen) atoms. The highest BCUT2D eigenvalue weighted by molar-refractivity contribution is 5.86. The largest absolute Gasteiger partial charge is 0.477 e. The van der Waals surface area contributed by atoms with Gasteiger partial charge in [-0.25, -0.2) is 0 Å². The first-order chi connectivity index (χ1) is 16.1. The molecule has 1 fully saturated rings. The molecule has 2 amide bonds. The van der Waals surface area contributed by atoms with Gasteiger partial charge >= 0.3 is 0 Å². The van der Waals surface area contributed by atoms with E-state index in [0.717, 1.165) is 16.7 Å². The molecule has 1 N–H and O–H groups in total. The van der Waals surface area contributed by atoms with E-state index in [-0.39, 0.29) is 24.4 Å². The van der Waals surface area contributed by atoms with Crippen molar-refractivity contribution in [2.45, 2.75) is 19.1 Å². The summed E-state index contributed by atoms with van der Waals surface area (Å²) in [5.41, 5.74) is 1.59. The van der Waals surface area contributed by atoms with Crippen LogP contribution in [0.2, 0.25) is 0 Å². The van der Waals surface area contributed by atoms with Crippen molar-refractivity contribution in [1.82, 2.24) is 10.2 Å². The second-order valence-corrected chi connectivity index (χ2v) is 8.37. The molecule has 1 aromatic heterocycles. The summed E-state index contributed by atoms with van der Waals surface area (Å²) in [6.45, 7) is 4.47. The highest BCUT2D eigenvalue weighted by Gasteiger charge is 2.34. The number of hydrogen-bond acceptors (Lipinski definition) is 6. The van der Waals surface area contributed by atoms with Crippen LogP contribution < -0.4 is 15.0 Å². The van der Waals surface area contributed by atoms with Crippen LogP contribution in [-0.2, 0) is 14.3 Å². The Labute approximate surface area is 192 Å². The lowest BCUT2D eigenvalue weighted by molar-refractivity contribution is -0.142. The lowest BCUT2D eigenvalue weighted by Gasteiger charge is -2.38. The molecule has 3 aromatic rings. The molecule has 8 heteroatoms. The second-order valence-electron chi connectivity index (χ2n) is 8.37. The molecule has 0 spiro atoms. The van der Waals surface area contributed by atoms with Crippen LogP contribution >= 0.6 is 0 Å². The average molecular weight is 450 g/mol. The molecule has 0 saturated carbocycles. The molecule has 8 nitrogen and oxygen atoms in total. The van der Waals surface area contributed by atoms with Crippen molar-refractivity contribution in [3.8, 4) is 5.75 Å². The summed E-state index contributed by atoms with van der Waals surface area (Å²) in [6, 6.07) is 16.9. The van der Waals surface area contributed by atoms with Gasteiger partial charge in [-0.3, -0.25) is 9.59 Å². The summed E-state index contributed by atoms with van der Waals surface area (Å²) in [6.07, 6.45) is -0.668. The third-order valence-electron chi connectivity index (χ3n) is 6.04. The second kappa shape index (κ2) is 9.15. The van der Waals surface area contributed by atoms with E-state index in [1.807, 2.05) is 66.4 Å². The van der Waals surface area contributed by atoms with Gasteiger partial charge in [0, 0.05) is 18.5 Å². The number of nitrogens with one attached hydrogen (secondary N) is 1. The Morgan fingerprint density at radius 3 is 2.67 bits per heavy atom. The van der Waals surface area contributed by atoms with Crippen LogP contribution in [0.3, 0.4) is 0 Å². The first-order valence-electron chi connectivity index (χ1n) is 11.2. The predicted molar refractivity (Wildman–Crippen MR) is 123 cm³/mol. The Hall–Kier alpha value is -3.52. The molecule has 0 bridgehead atoms. The number of rotatable bonds is 5. The molecule has 1 saturated heterocycles. The van der Waals surface area contributed by atoms with E-state index < -0.39 is 6.10 Å². The van der Waals surface area contributed by atoms with Crippen molar-refractivity contribution in [3.63, 3.8) is 0 Å². The molecule has 0 radical (unpaired) electrons. The van der Waals surface area contributed by atoms with Crippen molar-refractivity contribution < 1.29 is 23.5 Å². The average Bonchev–Trinajstić information content (AvgIpc) is 3.29. The highest BCUT2D eigenvalue weighted by Crippen LogP contribution is 2.33. The number of anilines is 1. The number of furan rings is 1. The first kappa shape index (κ1) is 21.3. The van der Waals surface area contributed by atoms with E-state index in [4.69, 9.17) is 13.9 Å². The van der Waals surface area contributed by atoms with E-state index in [2.05, 4.69) is 5.32 Å². The molecule has 2 aromatic carbocycles. The van der Waals surface area contributed by atoms with E-state index >= 15 is 0 Å². The molecule has 3 heterocycles. The number of ether oxygens (including phenoxy) is 2. The highest BCUT2D eigenvalue weighted by atomic mass is 16.5. The molecule has 0 aliphatic carbocycles. The van der Waals surface area contributed by atoms with Crippen molar-refractivity contribution in [1.29, 1.82) is 0 Å². The molecule has 2 atom stereocenters. The van der Waals surface area contributed by atoms with Crippen LogP contribution in [0.1, 0.15) is 18.7 Å². The number of nitrogens with zero attached hydrogens (tertiary/aromatic N) is 2. The van der Waals surface area contributed by atoms with Crippen LogP contribution in [0.5, 0.6) is 5.75 Å². The lowest BCUT2D eigenvalue weighted by Crippen LogP contribution is -2.54. The first-order valence-corrected chi connectivity index (χ1v) is 11.2. The Balaban J connectivity index is 1.28. The maximum absolute atomic E-state index is 13.0. The minimum absolute atomic E-state index is 0.0751. The fourth-order valence-corrected chi connectivity index (χ4v) is 4.32. The maximum Gasteiger partial charge on any atom is 0.265 e. The summed E-state index contributed by atoms with van der Waals surface area (Å²) in [7, 11) is 0. The van der Waals surface area contributed by atoms with Gasteiger partial charge in [0.25, 0.3) is 5.91 Å². The number of morpholine rings is 1. The van der Waals surface area contributed by atoms with Crippen molar-refractivity contribution in [2.75, 3.05) is 44.3 Å². The Morgan fingerprint density at radius 2 is 1.85 bits per heavy atom. The van der Waals surface area contributed by atoms with Gasteiger partial charge in [0.05, 0.1) is 38.0 Å². The van der Waals surface area contributed by atoms with E-state index in [9.17, 15) is 9.59 Å². The van der Waals surface area contributed by atoms with Gasteiger partial charge in [-0.1, -0.05) is 30.3 Å². The summed E-state index contributed by atoms with van der Waals surface area (Å²) in [4.78, 5) is 29.7. The number of amides is 2. The van der Waals surface area contributed by atoms with E-state index in [0.29, 0.717) is 44.4 Å². The number of carbonyl (C=O) groups excluding carboxylic acids is 2. The third-order valence-corrected chi connectivity index (χ3v) is 6.04. The Morgan fingerprint density at radius 1 is 1.09 bits per heavy atom. The smallest absolute Gasteiger partial charge is 0.265 e. The standard InChI is InChI=1S/C25H27N3O5/c1-17(22-14-18-6-2-4-8-20(18)32-22)26-24(29)16-28-15-23(25(30)27-10-12-31-13-11-27)33-21-9-5-3-7-19(21)28/h2-9,14,17,23H,10-13,15-16H2,1H3,(H,26,29)/t17-,23+/m1/s1. The maximum atomic E-state index is 13.0. The van der Waals surface area contributed by atoms with Crippen LogP contribution in [0, 0.1) is 0 Å². The molecule has 5 rings (SSSR count). The summed E-state index contributed by atoms with van der Waals surface area (Å²) < 4.78 is 17.3. The molecule has 172 valence electrons. The van der Waals surface area contributed by atoms with Gasteiger partial charge in [0.2, 0.25) is 5.91 Å². The lowest BCUT2D eigenvalue weighted by atomic mass is 10.1. The molecule has 2 aliphatic rings. The van der Waals surface area contributed by atoms with Gasteiger partial charge in [-0.05, 0) is 31.2 Å². The number of fused-ring (bicyclic) bond motifs is 2. The SMILES string of the molecule is C[C@@H](NC(=O)CN1C[C@@H](C(=O)N2CCOCC2)Oc2ccccc21)c1cc2ccccc2o1. The number of carbonyl (C=O) groups is 2. The minimum atomic E-state index is -0.668. The van der Waals surface area contributed by atoms with Gasteiger partial charge in [0.15, 0.2) is 6.10 Å². The molecular formula is C25H27N3O5. The zero-order valence-electron chi connectivity index (χ0n) is 18.5. The fraction of sp³-hybridized carbons (Fsp3) is 0.360. The van der Waals surface area contributed by atoms with Gasteiger partial charge in [0.1, 0.15) is 17.1 Å². The summed E-state index contributed by atoms with van der Waals surface area (Å²) in [5.74, 6) is 1.08. The van der Waals surface area contributed by atoms with Crippen molar-refractivity contribution in [3.05, 3.63) is 60.4 Å². The van der Waals surface area contributed by atoms with E-state index in [1.165, 1.54) is 0 Å². The van der Waals surface area contributed by atoms with E-state index in [1.54, 1.807) is 4.90 Å². The van der Waals surface area contributed by atoms with Crippen LogP contribution in [-0.4, -0.2) is 62.2 Å². The molecule has 2 aliphatic heterocycles. The monoisotopic (exact) mass is 449 g/mol. The predicted octanol–water partition coefficient (Wildman–Crippen LogP) is 2.74. The van der Waals surface area contributed by atoms with Crippen LogP contribution in [0.4, 0.5) is 5.69 Å². The van der Waals surface area contributed by atoms with Gasteiger partial charge < -0.3 is 29.0 Å². The number of benzene rings is 2. The number of para-hydroxylation sites is 3. The fourth-order valence-electron chi connectivity index (χ4n) is 4.32. The van der Waals surface area contributed by atoms with Crippen LogP contribution in [0.25, 0.3) is 11.0 Å². The molecular weight excluding hydrogens is 422 g/mol. The Bertz CT molecular complexity index is 1120. The summed E-state index contributed by atoms with van der Waals surface area (Å²) in [5, 5.41) is 4.02. The Kier molecular flexibility index (Phi) is 5.92. The van der Waals surface area contributed by atoms with Crippen molar-refractivity contribution >= 4 is 28.5 Å². The summed E-state index contributed by atoms with van der Waals surface area (Å²) >= 11 is 0. The van der Waals surface area contributed by atoms with Gasteiger partial charge in [-0.2, -0.15) is 0 Å². The molecule has 0 unspecified atom stereocenters. The zero-order chi connectivity index (χ0) is 22.8. The van der Waals surface area contributed by atoms with Gasteiger partial charge in [-0.15, -0.1) is 0 Å².